The fourth-order valence-corrected chi connectivity index (χ4v) is 2.80. The van der Waals surface area contributed by atoms with E-state index in [9.17, 15) is 0 Å². The molecule has 0 aromatic carbocycles. The van der Waals surface area contributed by atoms with E-state index in [1.807, 2.05) is 6.33 Å². The van der Waals surface area contributed by atoms with E-state index < -0.39 is 0 Å². The van der Waals surface area contributed by atoms with Gasteiger partial charge in [-0.1, -0.05) is 37.3 Å². The van der Waals surface area contributed by atoms with Crippen molar-refractivity contribution in [3.63, 3.8) is 0 Å². The Labute approximate surface area is 105 Å². The largest absolute Gasteiger partial charge is 0.312 e. The number of aromatic nitrogens is 4. The lowest BCUT2D eigenvalue weighted by Crippen LogP contribution is -2.07. The Hall–Kier alpha value is -1.16. The van der Waals surface area contributed by atoms with E-state index in [1.165, 1.54) is 44.9 Å². The minimum Gasteiger partial charge on any atom is -0.312 e. The predicted octanol–water partition coefficient (Wildman–Crippen LogP) is 3.38. The first-order valence-electron chi connectivity index (χ1n) is 6.19. The first-order chi connectivity index (χ1) is 8.36. The summed E-state index contributed by atoms with van der Waals surface area (Å²) in [6.07, 6.45) is 11.1. The SMILES string of the molecule is Clc1ncnc2c1ncn2C1CCCCCC1. The lowest BCUT2D eigenvalue weighted by Gasteiger charge is -2.15. The van der Waals surface area contributed by atoms with Gasteiger partial charge in [0.1, 0.15) is 11.8 Å². The van der Waals surface area contributed by atoms with Gasteiger partial charge in [0.25, 0.3) is 0 Å². The molecule has 2 aromatic rings. The lowest BCUT2D eigenvalue weighted by molar-refractivity contribution is 0.451. The summed E-state index contributed by atoms with van der Waals surface area (Å²) in [6.45, 7) is 0. The van der Waals surface area contributed by atoms with E-state index in [-0.39, 0.29) is 0 Å². The average Bonchev–Trinajstić information content (AvgIpc) is 2.59. The first kappa shape index (κ1) is 11.0. The smallest absolute Gasteiger partial charge is 0.165 e. The van der Waals surface area contributed by atoms with Crippen molar-refractivity contribution in [3.8, 4) is 0 Å². The molecule has 90 valence electrons. The van der Waals surface area contributed by atoms with Gasteiger partial charge in [-0.2, -0.15) is 0 Å². The summed E-state index contributed by atoms with van der Waals surface area (Å²) in [5.41, 5.74) is 1.59. The van der Waals surface area contributed by atoms with Crippen molar-refractivity contribution in [1.82, 2.24) is 19.5 Å². The van der Waals surface area contributed by atoms with Crippen LogP contribution in [0.1, 0.15) is 44.6 Å². The summed E-state index contributed by atoms with van der Waals surface area (Å²) in [6, 6.07) is 0.522. The first-order valence-corrected chi connectivity index (χ1v) is 6.57. The van der Waals surface area contributed by atoms with Crippen LogP contribution >= 0.6 is 11.6 Å². The predicted molar refractivity (Wildman–Crippen MR) is 67.1 cm³/mol. The summed E-state index contributed by atoms with van der Waals surface area (Å²) < 4.78 is 2.17. The fraction of sp³-hybridized carbons (Fsp3) is 0.583. The molecule has 2 aromatic heterocycles. The molecule has 1 saturated carbocycles. The van der Waals surface area contributed by atoms with Crippen molar-refractivity contribution >= 4 is 22.8 Å². The van der Waals surface area contributed by atoms with Crippen LogP contribution in [-0.4, -0.2) is 19.5 Å². The van der Waals surface area contributed by atoms with Crippen LogP contribution < -0.4 is 0 Å². The van der Waals surface area contributed by atoms with Crippen LogP contribution in [0.5, 0.6) is 0 Å². The highest BCUT2D eigenvalue weighted by Gasteiger charge is 2.18. The molecular formula is C12H15ClN4. The number of hydrogen-bond donors (Lipinski definition) is 0. The Morgan fingerprint density at radius 2 is 1.82 bits per heavy atom. The van der Waals surface area contributed by atoms with E-state index in [0.717, 1.165) is 11.2 Å². The Morgan fingerprint density at radius 1 is 1.06 bits per heavy atom. The van der Waals surface area contributed by atoms with E-state index >= 15 is 0 Å². The topological polar surface area (TPSA) is 43.6 Å². The lowest BCUT2D eigenvalue weighted by atomic mass is 10.1. The van der Waals surface area contributed by atoms with Crippen LogP contribution in [0.4, 0.5) is 0 Å². The molecule has 0 spiro atoms. The highest BCUT2D eigenvalue weighted by Crippen LogP contribution is 2.30. The number of imidazole rings is 1. The Bertz CT molecular complexity index is 514. The zero-order valence-corrected chi connectivity index (χ0v) is 10.4. The van der Waals surface area contributed by atoms with Crippen LogP contribution in [-0.2, 0) is 0 Å². The molecule has 1 aliphatic rings. The van der Waals surface area contributed by atoms with Crippen molar-refractivity contribution < 1.29 is 0 Å². The van der Waals surface area contributed by atoms with Crippen molar-refractivity contribution in [1.29, 1.82) is 0 Å². The number of halogens is 1. The van der Waals surface area contributed by atoms with Crippen LogP contribution in [0.15, 0.2) is 12.7 Å². The molecular weight excluding hydrogens is 236 g/mol. The maximum atomic E-state index is 6.01. The Kier molecular flexibility index (Phi) is 2.97. The van der Waals surface area contributed by atoms with Crippen molar-refractivity contribution in [3.05, 3.63) is 17.8 Å². The minimum absolute atomic E-state index is 0.447. The standard InChI is InChI=1S/C12H15ClN4/c13-11-10-12(15-7-14-11)17(8-16-10)9-5-3-1-2-4-6-9/h7-9H,1-6H2. The maximum absolute atomic E-state index is 6.01. The van der Waals surface area contributed by atoms with Crippen molar-refractivity contribution in [2.24, 2.45) is 0 Å². The number of rotatable bonds is 1. The third-order valence-corrected chi connectivity index (χ3v) is 3.81. The van der Waals surface area contributed by atoms with Gasteiger partial charge < -0.3 is 4.57 Å². The van der Waals surface area contributed by atoms with Crippen LogP contribution in [0.3, 0.4) is 0 Å². The summed E-state index contributed by atoms with van der Waals surface area (Å²) in [7, 11) is 0. The second kappa shape index (κ2) is 4.61. The molecule has 3 rings (SSSR count). The monoisotopic (exact) mass is 250 g/mol. The van der Waals surface area contributed by atoms with Gasteiger partial charge in [0.2, 0.25) is 0 Å². The third kappa shape index (κ3) is 2.02. The van der Waals surface area contributed by atoms with Gasteiger partial charge in [-0.3, -0.25) is 0 Å². The quantitative estimate of drug-likeness (QED) is 0.576. The van der Waals surface area contributed by atoms with Crippen LogP contribution in [0.25, 0.3) is 11.2 Å². The van der Waals surface area contributed by atoms with E-state index in [0.29, 0.717) is 11.2 Å². The molecule has 0 aliphatic heterocycles. The van der Waals surface area contributed by atoms with Crippen molar-refractivity contribution in [2.75, 3.05) is 0 Å². The summed E-state index contributed by atoms with van der Waals surface area (Å²) in [5.74, 6) is 0. The van der Waals surface area contributed by atoms with E-state index in [2.05, 4.69) is 19.5 Å². The molecule has 0 bridgehead atoms. The molecule has 17 heavy (non-hydrogen) atoms. The highest BCUT2D eigenvalue weighted by atomic mass is 35.5. The Balaban J connectivity index is 2.02. The normalized spacial score (nSPS) is 18.4. The number of fused-ring (bicyclic) bond motifs is 1. The van der Waals surface area contributed by atoms with Crippen molar-refractivity contribution in [2.45, 2.75) is 44.6 Å². The van der Waals surface area contributed by atoms with Gasteiger partial charge in [-0.15, -0.1) is 0 Å². The van der Waals surface area contributed by atoms with E-state index in [4.69, 9.17) is 11.6 Å². The maximum Gasteiger partial charge on any atom is 0.165 e. The number of nitrogens with zero attached hydrogens (tertiary/aromatic N) is 4. The molecule has 0 N–H and O–H groups in total. The molecule has 0 radical (unpaired) electrons. The summed E-state index contributed by atoms with van der Waals surface area (Å²) in [4.78, 5) is 12.6. The molecule has 0 unspecified atom stereocenters. The van der Waals surface area contributed by atoms with Gasteiger partial charge in [0.15, 0.2) is 10.8 Å². The van der Waals surface area contributed by atoms with Gasteiger partial charge in [0, 0.05) is 6.04 Å². The molecule has 0 saturated heterocycles. The molecule has 1 aliphatic carbocycles. The molecule has 0 amide bonds. The van der Waals surface area contributed by atoms with Crippen LogP contribution in [0.2, 0.25) is 5.15 Å². The third-order valence-electron chi connectivity index (χ3n) is 3.53. The van der Waals surface area contributed by atoms with Gasteiger partial charge in [-0.25, -0.2) is 15.0 Å². The van der Waals surface area contributed by atoms with Gasteiger partial charge in [0.05, 0.1) is 6.33 Å². The van der Waals surface area contributed by atoms with Gasteiger partial charge >= 0.3 is 0 Å². The second-order valence-electron chi connectivity index (χ2n) is 4.63. The summed E-state index contributed by atoms with van der Waals surface area (Å²) >= 11 is 6.01. The zero-order valence-electron chi connectivity index (χ0n) is 9.64. The molecule has 4 nitrogen and oxygen atoms in total. The zero-order chi connectivity index (χ0) is 11.7. The van der Waals surface area contributed by atoms with Gasteiger partial charge in [-0.05, 0) is 12.8 Å². The second-order valence-corrected chi connectivity index (χ2v) is 4.99. The highest BCUT2D eigenvalue weighted by molar-refractivity contribution is 6.33. The number of hydrogen-bond acceptors (Lipinski definition) is 3. The van der Waals surface area contributed by atoms with E-state index in [1.54, 1.807) is 0 Å². The molecule has 5 heteroatoms. The summed E-state index contributed by atoms with van der Waals surface area (Å²) in [5, 5.41) is 0.447. The average molecular weight is 251 g/mol. The fourth-order valence-electron chi connectivity index (χ4n) is 2.63. The van der Waals surface area contributed by atoms with Crippen LogP contribution in [0, 0.1) is 0 Å². The molecule has 0 atom stereocenters. The molecule has 1 fully saturated rings. The molecule has 2 heterocycles. The Morgan fingerprint density at radius 3 is 2.59 bits per heavy atom. The minimum atomic E-state index is 0.447.